The minimum Gasteiger partial charge on any atom is -0.289 e. The molecule has 2 aromatic heterocycles. The summed E-state index contributed by atoms with van der Waals surface area (Å²) in [5.41, 5.74) is 1.51. The van der Waals surface area contributed by atoms with Crippen LogP contribution in [0.1, 0.15) is 35.8 Å². The number of aromatic nitrogens is 3. The van der Waals surface area contributed by atoms with Crippen LogP contribution in [0, 0.1) is 0 Å². The second-order valence-electron chi connectivity index (χ2n) is 4.29. The van der Waals surface area contributed by atoms with Gasteiger partial charge in [0.05, 0.1) is 11.8 Å². The van der Waals surface area contributed by atoms with E-state index in [2.05, 4.69) is 10.1 Å². The maximum atomic E-state index is 11.9. The molecule has 0 aliphatic heterocycles. The lowest BCUT2D eigenvalue weighted by molar-refractivity contribution is 0.104. The summed E-state index contributed by atoms with van der Waals surface area (Å²) in [4.78, 5) is 15.9. The molecular formula is C14H15N3O. The van der Waals surface area contributed by atoms with Crippen LogP contribution in [0.5, 0.6) is 0 Å². The summed E-state index contributed by atoms with van der Waals surface area (Å²) in [5, 5.41) is 4.14. The molecule has 0 saturated carbocycles. The van der Waals surface area contributed by atoms with Crippen molar-refractivity contribution in [3.8, 4) is 0 Å². The van der Waals surface area contributed by atoms with E-state index in [4.69, 9.17) is 0 Å². The van der Waals surface area contributed by atoms with Gasteiger partial charge in [0.15, 0.2) is 5.78 Å². The third-order valence-electron chi connectivity index (χ3n) is 2.53. The molecule has 2 aromatic rings. The second kappa shape index (κ2) is 5.40. The molecular weight excluding hydrogens is 226 g/mol. The SMILES string of the molecule is CC(C)n1cc(C(=O)/C=C/c2cccnc2)cn1. The topological polar surface area (TPSA) is 47.8 Å². The number of hydrogen-bond acceptors (Lipinski definition) is 3. The summed E-state index contributed by atoms with van der Waals surface area (Å²) in [5.74, 6) is -0.0502. The fourth-order valence-electron chi connectivity index (χ4n) is 1.49. The zero-order valence-corrected chi connectivity index (χ0v) is 10.4. The number of rotatable bonds is 4. The minimum absolute atomic E-state index is 0.0502. The third kappa shape index (κ3) is 2.91. The first-order valence-corrected chi connectivity index (χ1v) is 5.83. The van der Waals surface area contributed by atoms with Gasteiger partial charge in [0.2, 0.25) is 0 Å². The molecule has 0 atom stereocenters. The Balaban J connectivity index is 2.10. The van der Waals surface area contributed by atoms with Crippen LogP contribution in [-0.2, 0) is 0 Å². The van der Waals surface area contributed by atoms with E-state index in [0.29, 0.717) is 5.56 Å². The number of carbonyl (C=O) groups excluding carboxylic acids is 1. The van der Waals surface area contributed by atoms with Gasteiger partial charge in [-0.3, -0.25) is 14.5 Å². The molecule has 92 valence electrons. The van der Waals surface area contributed by atoms with E-state index in [1.165, 1.54) is 0 Å². The highest BCUT2D eigenvalue weighted by Crippen LogP contribution is 2.07. The molecule has 0 aromatic carbocycles. The van der Waals surface area contributed by atoms with Gasteiger partial charge >= 0.3 is 0 Å². The maximum absolute atomic E-state index is 11.9. The van der Waals surface area contributed by atoms with E-state index < -0.39 is 0 Å². The van der Waals surface area contributed by atoms with E-state index in [1.54, 1.807) is 41.6 Å². The van der Waals surface area contributed by atoms with E-state index in [-0.39, 0.29) is 11.8 Å². The normalized spacial score (nSPS) is 11.3. The molecule has 0 saturated heterocycles. The monoisotopic (exact) mass is 241 g/mol. The standard InChI is InChI=1S/C14H15N3O/c1-11(2)17-10-13(9-16-17)14(18)6-5-12-4-3-7-15-8-12/h3-11H,1-2H3/b6-5+. The van der Waals surface area contributed by atoms with Gasteiger partial charge in [-0.05, 0) is 37.6 Å². The predicted octanol–water partition coefficient (Wildman–Crippen LogP) is 2.76. The molecule has 4 nitrogen and oxygen atoms in total. The van der Waals surface area contributed by atoms with Gasteiger partial charge < -0.3 is 0 Å². The van der Waals surface area contributed by atoms with Crippen LogP contribution in [0.15, 0.2) is 43.0 Å². The fraction of sp³-hybridized carbons (Fsp3) is 0.214. The number of ketones is 1. The van der Waals surface area contributed by atoms with Crippen LogP contribution >= 0.6 is 0 Å². The molecule has 0 aliphatic rings. The number of carbonyl (C=O) groups is 1. The van der Waals surface area contributed by atoms with E-state index in [1.807, 2.05) is 26.0 Å². The molecule has 0 fully saturated rings. The molecule has 2 rings (SSSR count). The van der Waals surface area contributed by atoms with Gasteiger partial charge in [0.25, 0.3) is 0 Å². The molecule has 0 radical (unpaired) electrons. The summed E-state index contributed by atoms with van der Waals surface area (Å²) >= 11 is 0. The average Bonchev–Trinajstić information content (AvgIpc) is 2.87. The predicted molar refractivity (Wildman–Crippen MR) is 70.2 cm³/mol. The maximum Gasteiger partial charge on any atom is 0.189 e. The Hall–Kier alpha value is -2.23. The van der Waals surface area contributed by atoms with Crippen molar-refractivity contribution in [2.45, 2.75) is 19.9 Å². The molecule has 2 heterocycles. The lowest BCUT2D eigenvalue weighted by atomic mass is 10.2. The van der Waals surface area contributed by atoms with Gasteiger partial charge in [0, 0.05) is 24.6 Å². The van der Waals surface area contributed by atoms with Crippen molar-refractivity contribution >= 4 is 11.9 Å². The Morgan fingerprint density at radius 1 is 1.39 bits per heavy atom. The lowest BCUT2D eigenvalue weighted by Gasteiger charge is -2.02. The first kappa shape index (κ1) is 12.2. The number of hydrogen-bond donors (Lipinski definition) is 0. The van der Waals surface area contributed by atoms with Crippen LogP contribution in [-0.4, -0.2) is 20.5 Å². The van der Waals surface area contributed by atoms with Gasteiger partial charge in [0.1, 0.15) is 0 Å². The molecule has 0 amide bonds. The van der Waals surface area contributed by atoms with Crippen LogP contribution in [0.25, 0.3) is 6.08 Å². The average molecular weight is 241 g/mol. The van der Waals surface area contributed by atoms with Crippen molar-refractivity contribution in [1.29, 1.82) is 0 Å². The van der Waals surface area contributed by atoms with Crippen molar-refractivity contribution in [2.24, 2.45) is 0 Å². The number of nitrogens with zero attached hydrogens (tertiary/aromatic N) is 3. The van der Waals surface area contributed by atoms with Crippen LogP contribution in [0.2, 0.25) is 0 Å². The Morgan fingerprint density at radius 2 is 2.22 bits per heavy atom. The highest BCUT2D eigenvalue weighted by atomic mass is 16.1. The quantitative estimate of drug-likeness (QED) is 0.611. The van der Waals surface area contributed by atoms with Gasteiger partial charge in [-0.1, -0.05) is 6.07 Å². The molecule has 18 heavy (non-hydrogen) atoms. The Bertz CT molecular complexity index is 555. The molecule has 0 spiro atoms. The second-order valence-corrected chi connectivity index (χ2v) is 4.29. The number of allylic oxidation sites excluding steroid dienone is 1. The fourth-order valence-corrected chi connectivity index (χ4v) is 1.49. The van der Waals surface area contributed by atoms with Gasteiger partial charge in [-0.2, -0.15) is 5.10 Å². The highest BCUT2D eigenvalue weighted by Gasteiger charge is 2.06. The third-order valence-corrected chi connectivity index (χ3v) is 2.53. The Kier molecular flexibility index (Phi) is 3.67. The van der Waals surface area contributed by atoms with Crippen molar-refractivity contribution < 1.29 is 4.79 Å². The Labute approximate surface area is 106 Å². The summed E-state index contributed by atoms with van der Waals surface area (Å²) in [6, 6.07) is 3.99. The van der Waals surface area contributed by atoms with Crippen molar-refractivity contribution in [1.82, 2.24) is 14.8 Å². The summed E-state index contributed by atoms with van der Waals surface area (Å²) in [6.07, 6.45) is 10.1. The van der Waals surface area contributed by atoms with Crippen LogP contribution in [0.3, 0.4) is 0 Å². The molecule has 0 aliphatic carbocycles. The Morgan fingerprint density at radius 3 is 2.83 bits per heavy atom. The molecule has 4 heteroatoms. The van der Waals surface area contributed by atoms with Gasteiger partial charge in [-0.15, -0.1) is 0 Å². The van der Waals surface area contributed by atoms with Gasteiger partial charge in [-0.25, -0.2) is 0 Å². The number of pyridine rings is 1. The van der Waals surface area contributed by atoms with E-state index in [9.17, 15) is 4.79 Å². The highest BCUT2D eigenvalue weighted by molar-refractivity contribution is 6.06. The van der Waals surface area contributed by atoms with Crippen LogP contribution in [0.4, 0.5) is 0 Å². The van der Waals surface area contributed by atoms with Crippen molar-refractivity contribution in [3.05, 3.63) is 54.1 Å². The molecule has 0 bridgehead atoms. The van der Waals surface area contributed by atoms with Crippen LogP contribution < -0.4 is 0 Å². The zero-order valence-electron chi connectivity index (χ0n) is 10.4. The molecule has 0 unspecified atom stereocenters. The first-order valence-electron chi connectivity index (χ1n) is 5.83. The van der Waals surface area contributed by atoms with E-state index >= 15 is 0 Å². The smallest absolute Gasteiger partial charge is 0.189 e. The van der Waals surface area contributed by atoms with Crippen molar-refractivity contribution in [3.63, 3.8) is 0 Å². The zero-order chi connectivity index (χ0) is 13.0. The molecule has 0 N–H and O–H groups in total. The largest absolute Gasteiger partial charge is 0.289 e. The summed E-state index contributed by atoms with van der Waals surface area (Å²) < 4.78 is 1.77. The summed E-state index contributed by atoms with van der Waals surface area (Å²) in [7, 11) is 0. The van der Waals surface area contributed by atoms with E-state index in [0.717, 1.165) is 5.56 Å². The summed E-state index contributed by atoms with van der Waals surface area (Å²) in [6.45, 7) is 4.04. The lowest BCUT2D eigenvalue weighted by Crippen LogP contribution is -2.00. The first-order chi connectivity index (χ1) is 8.66. The van der Waals surface area contributed by atoms with Crippen molar-refractivity contribution in [2.75, 3.05) is 0 Å². The minimum atomic E-state index is -0.0502.